The van der Waals surface area contributed by atoms with Crippen LogP contribution in [-0.2, 0) is 4.74 Å². The summed E-state index contributed by atoms with van der Waals surface area (Å²) in [5.41, 5.74) is -1.38. The highest BCUT2D eigenvalue weighted by Gasteiger charge is 2.47. The lowest BCUT2D eigenvalue weighted by Gasteiger charge is -2.39. The predicted octanol–water partition coefficient (Wildman–Crippen LogP) is 3.09. The van der Waals surface area contributed by atoms with Crippen LogP contribution in [0.3, 0.4) is 0 Å². The number of nitro groups is 1. The van der Waals surface area contributed by atoms with Crippen LogP contribution in [0.4, 0.5) is 25.1 Å². The van der Waals surface area contributed by atoms with Gasteiger partial charge >= 0.3 is 11.8 Å². The monoisotopic (exact) mass is 393 g/mol. The van der Waals surface area contributed by atoms with Gasteiger partial charge in [0.25, 0.3) is 5.92 Å². The Morgan fingerprint density at radius 2 is 2.19 bits per heavy atom. The maximum absolute atomic E-state index is 14.5. The van der Waals surface area contributed by atoms with E-state index in [4.69, 9.17) is 16.3 Å². The maximum atomic E-state index is 14.5. The van der Waals surface area contributed by atoms with E-state index in [0.29, 0.717) is 0 Å². The number of amides is 1. The summed E-state index contributed by atoms with van der Waals surface area (Å²) in [7, 11) is 0. The molecule has 0 saturated carbocycles. The number of hydrogen-bond acceptors (Lipinski definition) is 7. The molecule has 0 aliphatic carbocycles. The summed E-state index contributed by atoms with van der Waals surface area (Å²) >= 11 is 5.59. The molecule has 1 aliphatic heterocycles. The zero-order valence-corrected chi connectivity index (χ0v) is 15.1. The summed E-state index contributed by atoms with van der Waals surface area (Å²) in [6.45, 7) is 4.01. The number of aromatic nitrogens is 2. The van der Waals surface area contributed by atoms with Gasteiger partial charge in [-0.05, 0) is 38.8 Å². The van der Waals surface area contributed by atoms with Gasteiger partial charge in [0.2, 0.25) is 11.1 Å². The molecule has 2 rings (SSSR count). The molecule has 2 heterocycles. The molecule has 0 aromatic carbocycles. The average Bonchev–Trinajstić information content (AvgIpc) is 2.47. The number of rotatable bonds is 3. The number of likely N-dealkylation sites (tertiary alicyclic amines) is 1. The van der Waals surface area contributed by atoms with Gasteiger partial charge in [-0.3, -0.25) is 10.1 Å². The summed E-state index contributed by atoms with van der Waals surface area (Å²) in [4.78, 5) is 30.2. The largest absolute Gasteiger partial charge is 0.444 e. The molecule has 1 atom stereocenters. The Hall–Kier alpha value is -2.30. The summed E-state index contributed by atoms with van der Waals surface area (Å²) < 4.78 is 34.0. The van der Waals surface area contributed by atoms with Crippen LogP contribution in [0.1, 0.15) is 27.2 Å². The summed E-state index contributed by atoms with van der Waals surface area (Å²) in [5, 5.41) is 13.0. The molecule has 0 radical (unpaired) electrons. The first-order chi connectivity index (χ1) is 11.9. The average molecular weight is 394 g/mol. The minimum absolute atomic E-state index is 0.00518. The molecule has 0 spiro atoms. The Labute approximate surface area is 152 Å². The van der Waals surface area contributed by atoms with Crippen molar-refractivity contribution in [3.8, 4) is 0 Å². The van der Waals surface area contributed by atoms with Crippen LogP contribution in [0.25, 0.3) is 0 Å². The first-order valence-electron chi connectivity index (χ1n) is 7.68. The third kappa shape index (κ3) is 4.87. The van der Waals surface area contributed by atoms with E-state index < -0.39 is 46.6 Å². The van der Waals surface area contributed by atoms with E-state index in [0.717, 1.165) is 11.1 Å². The van der Waals surface area contributed by atoms with Gasteiger partial charge in [-0.15, -0.1) is 0 Å². The fourth-order valence-electron chi connectivity index (χ4n) is 2.36. The van der Waals surface area contributed by atoms with Gasteiger partial charge in [0.1, 0.15) is 11.8 Å². The SMILES string of the molecule is CC(C)(C)OC(=O)N1CCC(Nc2nc(Cl)ncc2[N+](=O)[O-])C(F)(F)C1. The van der Waals surface area contributed by atoms with E-state index in [-0.39, 0.29) is 18.2 Å². The highest BCUT2D eigenvalue weighted by atomic mass is 35.5. The van der Waals surface area contributed by atoms with Gasteiger partial charge in [0.05, 0.1) is 17.5 Å². The number of carbonyl (C=O) groups is 1. The third-order valence-electron chi connectivity index (χ3n) is 3.50. The van der Waals surface area contributed by atoms with Crippen molar-refractivity contribution < 1.29 is 23.2 Å². The Kier molecular flexibility index (Phi) is 5.49. The second kappa shape index (κ2) is 7.14. The van der Waals surface area contributed by atoms with E-state index >= 15 is 0 Å². The van der Waals surface area contributed by atoms with Crippen LogP contribution in [0, 0.1) is 10.1 Å². The third-order valence-corrected chi connectivity index (χ3v) is 3.68. The Balaban J connectivity index is 2.13. The summed E-state index contributed by atoms with van der Waals surface area (Å²) in [5.74, 6) is -3.76. The van der Waals surface area contributed by atoms with Crippen molar-refractivity contribution in [2.24, 2.45) is 0 Å². The quantitative estimate of drug-likeness (QED) is 0.477. The minimum Gasteiger partial charge on any atom is -0.444 e. The lowest BCUT2D eigenvalue weighted by atomic mass is 10.0. The number of alkyl halides is 2. The molecule has 1 saturated heterocycles. The molecule has 1 fully saturated rings. The molecule has 1 N–H and O–H groups in total. The van der Waals surface area contributed by atoms with E-state index in [1.165, 1.54) is 0 Å². The van der Waals surface area contributed by atoms with Gasteiger partial charge in [-0.25, -0.2) is 18.6 Å². The van der Waals surface area contributed by atoms with Crippen molar-refractivity contribution in [1.82, 2.24) is 14.9 Å². The number of anilines is 1. The first-order valence-corrected chi connectivity index (χ1v) is 8.06. The van der Waals surface area contributed by atoms with E-state index in [2.05, 4.69) is 15.3 Å². The number of hydrogen-bond donors (Lipinski definition) is 1. The van der Waals surface area contributed by atoms with Gasteiger partial charge in [0, 0.05) is 6.54 Å². The van der Waals surface area contributed by atoms with Gasteiger partial charge < -0.3 is 15.0 Å². The number of halogens is 3. The van der Waals surface area contributed by atoms with Crippen molar-refractivity contribution in [3.63, 3.8) is 0 Å². The predicted molar refractivity (Wildman–Crippen MR) is 88.5 cm³/mol. The van der Waals surface area contributed by atoms with Gasteiger partial charge in [-0.1, -0.05) is 0 Å². The van der Waals surface area contributed by atoms with Crippen LogP contribution in [0.15, 0.2) is 6.20 Å². The van der Waals surface area contributed by atoms with Crippen molar-refractivity contribution in [2.45, 2.75) is 44.8 Å². The number of ether oxygens (including phenoxy) is 1. The standard InChI is InChI=1S/C14H18ClF2N5O4/c1-13(2,3)26-12(23)21-5-4-9(14(16,17)7-21)19-10-8(22(24)25)6-18-11(15)20-10/h6,9H,4-5,7H2,1-3H3,(H,18,19,20). The molecule has 26 heavy (non-hydrogen) atoms. The lowest BCUT2D eigenvalue weighted by molar-refractivity contribution is -0.384. The Morgan fingerprint density at radius 3 is 2.73 bits per heavy atom. The maximum Gasteiger partial charge on any atom is 0.410 e. The van der Waals surface area contributed by atoms with Crippen LogP contribution >= 0.6 is 11.6 Å². The van der Waals surface area contributed by atoms with Gasteiger partial charge in [-0.2, -0.15) is 4.98 Å². The molecule has 144 valence electrons. The molecule has 0 bridgehead atoms. The molecule has 1 unspecified atom stereocenters. The zero-order chi connectivity index (χ0) is 19.7. The van der Waals surface area contributed by atoms with Crippen LogP contribution in [0.2, 0.25) is 5.28 Å². The molecular formula is C14H18ClF2N5O4. The molecule has 12 heteroatoms. The Morgan fingerprint density at radius 1 is 1.54 bits per heavy atom. The highest BCUT2D eigenvalue weighted by Crippen LogP contribution is 2.32. The van der Waals surface area contributed by atoms with E-state index in [9.17, 15) is 23.7 Å². The van der Waals surface area contributed by atoms with Crippen LogP contribution < -0.4 is 5.32 Å². The van der Waals surface area contributed by atoms with Crippen LogP contribution in [0.5, 0.6) is 0 Å². The number of carbonyl (C=O) groups excluding carboxylic acids is 1. The summed E-state index contributed by atoms with van der Waals surface area (Å²) in [6.07, 6.45) is -0.164. The van der Waals surface area contributed by atoms with E-state index in [1.807, 2.05) is 0 Å². The molecule has 9 nitrogen and oxygen atoms in total. The molecule has 1 aromatic rings. The second-order valence-corrected chi connectivity index (χ2v) is 7.12. The second-order valence-electron chi connectivity index (χ2n) is 6.78. The van der Waals surface area contributed by atoms with E-state index in [1.54, 1.807) is 20.8 Å². The number of piperidine rings is 1. The van der Waals surface area contributed by atoms with Crippen molar-refractivity contribution in [1.29, 1.82) is 0 Å². The fourth-order valence-corrected chi connectivity index (χ4v) is 2.49. The van der Waals surface area contributed by atoms with Crippen molar-refractivity contribution >= 4 is 29.2 Å². The molecule has 1 aliphatic rings. The molecule has 1 amide bonds. The smallest absolute Gasteiger partial charge is 0.410 e. The topological polar surface area (TPSA) is 110 Å². The normalized spacial score (nSPS) is 19.8. The number of nitrogens with zero attached hydrogens (tertiary/aromatic N) is 4. The summed E-state index contributed by atoms with van der Waals surface area (Å²) in [6, 6.07) is -1.47. The van der Waals surface area contributed by atoms with Crippen LogP contribution in [-0.4, -0.2) is 56.5 Å². The highest BCUT2D eigenvalue weighted by molar-refractivity contribution is 6.28. The molecular weight excluding hydrogens is 376 g/mol. The van der Waals surface area contributed by atoms with Gasteiger partial charge in [0.15, 0.2) is 0 Å². The first kappa shape index (κ1) is 20.0. The van der Waals surface area contributed by atoms with Crippen molar-refractivity contribution in [2.75, 3.05) is 18.4 Å². The lowest BCUT2D eigenvalue weighted by Crippen LogP contribution is -2.56. The fraction of sp³-hybridized carbons (Fsp3) is 0.643. The number of nitrogens with one attached hydrogen (secondary N) is 1. The minimum atomic E-state index is -3.36. The molecule has 1 aromatic heterocycles. The zero-order valence-electron chi connectivity index (χ0n) is 14.3. The Bertz CT molecular complexity index is 713. The van der Waals surface area contributed by atoms with Crippen molar-refractivity contribution in [3.05, 3.63) is 21.6 Å².